The second-order valence-electron chi connectivity index (χ2n) is 3.35. The molecule has 2 aromatic rings. The van der Waals surface area contributed by atoms with Gasteiger partial charge in [-0.05, 0) is 24.6 Å². The van der Waals surface area contributed by atoms with Crippen LogP contribution >= 0.6 is 0 Å². The number of rotatable bonds is 1. The predicted molar refractivity (Wildman–Crippen MR) is 55.2 cm³/mol. The molecule has 0 spiro atoms. The fourth-order valence-corrected chi connectivity index (χ4v) is 1.53. The van der Waals surface area contributed by atoms with Gasteiger partial charge < -0.3 is 10.1 Å². The van der Waals surface area contributed by atoms with Crippen molar-refractivity contribution in [3.63, 3.8) is 0 Å². The fraction of sp³-hybridized carbons (Fsp3) is 0.182. The Bertz CT molecular complexity index is 528. The van der Waals surface area contributed by atoms with Gasteiger partial charge in [0.1, 0.15) is 0 Å². The first kappa shape index (κ1) is 8.97. The Kier molecular flexibility index (Phi) is 2.09. The van der Waals surface area contributed by atoms with E-state index in [1.165, 1.54) is 0 Å². The lowest BCUT2D eigenvalue weighted by molar-refractivity contribution is 0.282. The van der Waals surface area contributed by atoms with Crippen molar-refractivity contribution in [2.45, 2.75) is 13.5 Å². The van der Waals surface area contributed by atoms with E-state index in [1.54, 1.807) is 24.3 Å². The molecule has 0 fully saturated rings. The third-order valence-electron chi connectivity index (χ3n) is 2.21. The lowest BCUT2D eigenvalue weighted by atomic mass is 10.1. The molecule has 0 aliphatic heterocycles. The standard InChI is InChI=1S/C11H11NO2/c1-7-4-11(14)9-3-2-8(6-13)5-10(9)12-7/h2-5,13H,6H2,1H3,(H,12,14). The van der Waals surface area contributed by atoms with Crippen LogP contribution in [0.15, 0.2) is 29.1 Å². The second kappa shape index (κ2) is 3.27. The van der Waals surface area contributed by atoms with Crippen LogP contribution in [0.5, 0.6) is 0 Å². The molecule has 72 valence electrons. The summed E-state index contributed by atoms with van der Waals surface area (Å²) in [5, 5.41) is 9.60. The van der Waals surface area contributed by atoms with Gasteiger partial charge in [-0.2, -0.15) is 0 Å². The van der Waals surface area contributed by atoms with Crippen molar-refractivity contribution in [2.24, 2.45) is 0 Å². The molecule has 0 atom stereocenters. The van der Waals surface area contributed by atoms with E-state index in [0.717, 1.165) is 16.8 Å². The molecule has 0 bridgehead atoms. The van der Waals surface area contributed by atoms with Gasteiger partial charge in [0, 0.05) is 22.7 Å². The summed E-state index contributed by atoms with van der Waals surface area (Å²) in [4.78, 5) is 14.6. The zero-order valence-corrected chi connectivity index (χ0v) is 7.87. The Balaban J connectivity index is 2.82. The largest absolute Gasteiger partial charge is 0.392 e. The van der Waals surface area contributed by atoms with Crippen molar-refractivity contribution in [3.05, 3.63) is 45.7 Å². The molecule has 3 nitrogen and oxygen atoms in total. The fourth-order valence-electron chi connectivity index (χ4n) is 1.53. The highest BCUT2D eigenvalue weighted by Gasteiger charge is 2.00. The number of aromatic nitrogens is 1. The average molecular weight is 189 g/mol. The zero-order valence-electron chi connectivity index (χ0n) is 7.87. The summed E-state index contributed by atoms with van der Waals surface area (Å²) in [6.45, 7) is 1.83. The van der Waals surface area contributed by atoms with Crippen LogP contribution in [-0.2, 0) is 6.61 Å². The summed E-state index contributed by atoms with van der Waals surface area (Å²) < 4.78 is 0. The summed E-state index contributed by atoms with van der Waals surface area (Å²) in [5.74, 6) is 0. The van der Waals surface area contributed by atoms with Crippen molar-refractivity contribution >= 4 is 10.9 Å². The Morgan fingerprint density at radius 2 is 2.14 bits per heavy atom. The van der Waals surface area contributed by atoms with Crippen LogP contribution in [0.1, 0.15) is 11.3 Å². The van der Waals surface area contributed by atoms with Gasteiger partial charge in [-0.1, -0.05) is 6.07 Å². The highest BCUT2D eigenvalue weighted by molar-refractivity contribution is 5.79. The van der Waals surface area contributed by atoms with Crippen molar-refractivity contribution in [1.82, 2.24) is 4.98 Å². The number of aromatic amines is 1. The zero-order chi connectivity index (χ0) is 10.1. The summed E-state index contributed by atoms with van der Waals surface area (Å²) >= 11 is 0. The topological polar surface area (TPSA) is 53.1 Å². The first-order valence-corrected chi connectivity index (χ1v) is 4.44. The molecular formula is C11H11NO2. The number of aryl methyl sites for hydroxylation is 1. The minimum absolute atomic E-state index is 0.00802. The molecule has 0 saturated heterocycles. The number of aliphatic hydroxyl groups excluding tert-OH is 1. The Hall–Kier alpha value is -1.61. The Morgan fingerprint density at radius 1 is 1.36 bits per heavy atom. The quantitative estimate of drug-likeness (QED) is 0.711. The van der Waals surface area contributed by atoms with Crippen LogP contribution in [0.3, 0.4) is 0 Å². The number of benzene rings is 1. The van der Waals surface area contributed by atoms with E-state index < -0.39 is 0 Å². The van der Waals surface area contributed by atoms with Gasteiger partial charge in [0.2, 0.25) is 0 Å². The molecule has 0 aliphatic rings. The van der Waals surface area contributed by atoms with Gasteiger partial charge in [-0.15, -0.1) is 0 Å². The van der Waals surface area contributed by atoms with E-state index in [4.69, 9.17) is 5.11 Å². The molecule has 14 heavy (non-hydrogen) atoms. The third kappa shape index (κ3) is 1.42. The Labute approximate surface area is 81.0 Å². The van der Waals surface area contributed by atoms with Gasteiger partial charge in [0.05, 0.1) is 6.61 Å². The molecule has 1 heterocycles. The number of hydrogen-bond acceptors (Lipinski definition) is 2. The second-order valence-corrected chi connectivity index (χ2v) is 3.35. The maximum absolute atomic E-state index is 11.5. The number of aliphatic hydroxyl groups is 1. The number of pyridine rings is 1. The van der Waals surface area contributed by atoms with Crippen LogP contribution < -0.4 is 5.43 Å². The Morgan fingerprint density at radius 3 is 2.86 bits per heavy atom. The van der Waals surface area contributed by atoms with E-state index in [2.05, 4.69) is 4.98 Å². The van der Waals surface area contributed by atoms with Crippen molar-refractivity contribution in [3.8, 4) is 0 Å². The van der Waals surface area contributed by atoms with Gasteiger partial charge in [-0.25, -0.2) is 0 Å². The van der Waals surface area contributed by atoms with Crippen molar-refractivity contribution in [2.75, 3.05) is 0 Å². The molecule has 0 radical (unpaired) electrons. The molecule has 0 amide bonds. The molecule has 0 unspecified atom stereocenters. The predicted octanol–water partition coefficient (Wildman–Crippen LogP) is 1.33. The lowest BCUT2D eigenvalue weighted by Gasteiger charge is -2.01. The monoisotopic (exact) mass is 189 g/mol. The molecule has 2 N–H and O–H groups in total. The molecule has 0 aliphatic carbocycles. The van der Waals surface area contributed by atoms with E-state index >= 15 is 0 Å². The summed E-state index contributed by atoms with van der Waals surface area (Å²) in [6.07, 6.45) is 0. The number of hydrogen-bond donors (Lipinski definition) is 2. The van der Waals surface area contributed by atoms with Gasteiger partial charge in [0.25, 0.3) is 0 Å². The minimum Gasteiger partial charge on any atom is -0.392 e. The molecular weight excluding hydrogens is 178 g/mol. The number of fused-ring (bicyclic) bond motifs is 1. The van der Waals surface area contributed by atoms with Crippen LogP contribution in [-0.4, -0.2) is 10.1 Å². The molecule has 3 heteroatoms. The molecule has 1 aromatic heterocycles. The van der Waals surface area contributed by atoms with Crippen LogP contribution in [0.4, 0.5) is 0 Å². The van der Waals surface area contributed by atoms with Crippen LogP contribution in [0.25, 0.3) is 10.9 Å². The molecule has 1 aromatic carbocycles. The minimum atomic E-state index is -0.00802. The highest BCUT2D eigenvalue weighted by Crippen LogP contribution is 2.10. The van der Waals surface area contributed by atoms with Gasteiger partial charge in [-0.3, -0.25) is 4.79 Å². The van der Waals surface area contributed by atoms with Crippen LogP contribution in [0, 0.1) is 6.92 Å². The van der Waals surface area contributed by atoms with E-state index in [-0.39, 0.29) is 12.0 Å². The smallest absolute Gasteiger partial charge is 0.189 e. The lowest BCUT2D eigenvalue weighted by Crippen LogP contribution is -2.03. The van der Waals surface area contributed by atoms with Crippen molar-refractivity contribution in [1.29, 1.82) is 0 Å². The first-order valence-electron chi connectivity index (χ1n) is 4.44. The first-order chi connectivity index (χ1) is 6.70. The van der Waals surface area contributed by atoms with E-state index in [0.29, 0.717) is 5.39 Å². The number of H-pyrrole nitrogens is 1. The maximum atomic E-state index is 11.5. The SMILES string of the molecule is Cc1cc(=O)c2ccc(CO)cc2[nH]1. The molecule has 2 rings (SSSR count). The summed E-state index contributed by atoms with van der Waals surface area (Å²) in [5.41, 5.74) is 2.43. The van der Waals surface area contributed by atoms with Crippen LogP contribution in [0.2, 0.25) is 0 Å². The summed E-state index contributed by atoms with van der Waals surface area (Å²) in [7, 11) is 0. The molecule has 0 saturated carbocycles. The van der Waals surface area contributed by atoms with E-state index in [9.17, 15) is 4.79 Å². The van der Waals surface area contributed by atoms with Gasteiger partial charge >= 0.3 is 0 Å². The number of nitrogens with one attached hydrogen (secondary N) is 1. The van der Waals surface area contributed by atoms with E-state index in [1.807, 2.05) is 6.92 Å². The third-order valence-corrected chi connectivity index (χ3v) is 2.21. The average Bonchev–Trinajstić information content (AvgIpc) is 2.16. The maximum Gasteiger partial charge on any atom is 0.189 e. The summed E-state index contributed by atoms with van der Waals surface area (Å²) in [6, 6.07) is 6.86. The van der Waals surface area contributed by atoms with Gasteiger partial charge in [0.15, 0.2) is 5.43 Å². The highest BCUT2D eigenvalue weighted by atomic mass is 16.3. The normalized spacial score (nSPS) is 10.7. The van der Waals surface area contributed by atoms with Crippen molar-refractivity contribution < 1.29 is 5.11 Å².